The van der Waals surface area contributed by atoms with E-state index in [0.29, 0.717) is 32.8 Å². The summed E-state index contributed by atoms with van der Waals surface area (Å²) in [7, 11) is -3.25. The number of carboxylic acid groups (broad SMARTS) is 1. The molecule has 9 nitrogen and oxygen atoms in total. The number of hydrogen-bond acceptors (Lipinski definition) is 7. The van der Waals surface area contributed by atoms with E-state index in [0.717, 1.165) is 11.4 Å². The molecule has 132 valence electrons. The Hall–Kier alpha value is -1.82. The fraction of sp³-hybridized carbons (Fsp3) is 0.462. The van der Waals surface area contributed by atoms with Gasteiger partial charge in [-0.05, 0) is 11.5 Å². The molecule has 0 saturated carbocycles. The third-order valence-electron chi connectivity index (χ3n) is 3.36. The number of aromatic nitrogens is 3. The van der Waals surface area contributed by atoms with Crippen LogP contribution < -0.4 is 0 Å². The highest BCUT2D eigenvalue weighted by atomic mass is 32.2. The first-order valence-electron chi connectivity index (χ1n) is 7.13. The van der Waals surface area contributed by atoms with Gasteiger partial charge < -0.3 is 14.4 Å². The van der Waals surface area contributed by atoms with Crippen LogP contribution in [0.1, 0.15) is 0 Å². The van der Waals surface area contributed by atoms with Gasteiger partial charge in [-0.3, -0.25) is 4.79 Å². The molecular formula is C13H18N4O5S2. The summed E-state index contributed by atoms with van der Waals surface area (Å²) >= 11 is 1.35. The molecule has 0 aromatic carbocycles. The Balaban J connectivity index is 0.000000647. The van der Waals surface area contributed by atoms with Gasteiger partial charge in [0.1, 0.15) is 5.82 Å². The van der Waals surface area contributed by atoms with Gasteiger partial charge in [0.15, 0.2) is 0 Å². The monoisotopic (exact) mass is 374 g/mol. The Kier molecular flexibility index (Phi) is 6.85. The number of hydrogen-bond donors (Lipinski definition) is 1. The third-order valence-corrected chi connectivity index (χ3v) is 5.80. The molecule has 3 rings (SSSR count). The molecule has 0 bridgehead atoms. The van der Waals surface area contributed by atoms with E-state index >= 15 is 0 Å². The number of aryl methyl sites for hydroxylation is 1. The SMILES string of the molecule is O=CO.O=S(=O)(CCn1ccnc1-c1cnsc1)N1CCOCC1. The number of imidazole rings is 1. The van der Waals surface area contributed by atoms with E-state index in [1.54, 1.807) is 18.6 Å². The van der Waals surface area contributed by atoms with Crippen molar-refractivity contribution in [3.8, 4) is 11.4 Å². The number of sulfonamides is 1. The van der Waals surface area contributed by atoms with Crippen LogP contribution in [0.5, 0.6) is 0 Å². The molecule has 1 fully saturated rings. The van der Waals surface area contributed by atoms with Crippen molar-refractivity contribution in [2.75, 3.05) is 32.1 Å². The smallest absolute Gasteiger partial charge is 0.290 e. The summed E-state index contributed by atoms with van der Waals surface area (Å²) in [5.74, 6) is 0.814. The van der Waals surface area contributed by atoms with Crippen LogP contribution in [0.15, 0.2) is 24.0 Å². The highest BCUT2D eigenvalue weighted by Gasteiger charge is 2.24. The molecule has 0 spiro atoms. The van der Waals surface area contributed by atoms with Gasteiger partial charge in [0.25, 0.3) is 6.47 Å². The zero-order valence-electron chi connectivity index (χ0n) is 12.8. The Bertz CT molecular complexity index is 723. The van der Waals surface area contributed by atoms with E-state index in [-0.39, 0.29) is 12.2 Å². The van der Waals surface area contributed by atoms with Crippen LogP contribution in [0.25, 0.3) is 11.4 Å². The fourth-order valence-electron chi connectivity index (χ4n) is 2.23. The quantitative estimate of drug-likeness (QED) is 0.752. The fourth-order valence-corrected chi connectivity index (χ4v) is 4.14. The number of morpholine rings is 1. The summed E-state index contributed by atoms with van der Waals surface area (Å²) in [6.45, 7) is 1.94. The topological polar surface area (TPSA) is 115 Å². The van der Waals surface area contributed by atoms with Gasteiger partial charge in [0.05, 0.1) is 25.2 Å². The lowest BCUT2D eigenvalue weighted by Crippen LogP contribution is -2.42. The average Bonchev–Trinajstić information content (AvgIpc) is 3.26. The standard InChI is InChI=1S/C12H16N4O3S2.CH2O2/c17-21(18,16-3-6-19-7-4-16)8-5-15-2-1-13-12(15)11-9-14-20-10-11;2-1-3/h1-2,9-10H,3-8H2;1H,(H,2,3). The van der Waals surface area contributed by atoms with Crippen LogP contribution in [0.2, 0.25) is 0 Å². The molecule has 1 N–H and O–H groups in total. The van der Waals surface area contributed by atoms with Crippen LogP contribution >= 0.6 is 11.5 Å². The van der Waals surface area contributed by atoms with E-state index < -0.39 is 10.0 Å². The lowest BCUT2D eigenvalue weighted by Gasteiger charge is -2.26. The predicted molar refractivity (Wildman–Crippen MR) is 88.2 cm³/mol. The van der Waals surface area contributed by atoms with Crippen molar-refractivity contribution >= 4 is 28.0 Å². The van der Waals surface area contributed by atoms with E-state index in [1.165, 1.54) is 15.8 Å². The predicted octanol–water partition coefficient (Wildman–Crippen LogP) is 0.369. The number of carbonyl (C=O) groups is 1. The van der Waals surface area contributed by atoms with Crippen molar-refractivity contribution in [1.29, 1.82) is 0 Å². The second-order valence-electron chi connectivity index (χ2n) is 4.79. The van der Waals surface area contributed by atoms with Crippen LogP contribution in [0, 0.1) is 0 Å². The van der Waals surface area contributed by atoms with Crippen molar-refractivity contribution in [3.05, 3.63) is 24.0 Å². The summed E-state index contributed by atoms with van der Waals surface area (Å²) in [6, 6.07) is 0. The lowest BCUT2D eigenvalue weighted by molar-refractivity contribution is -0.122. The van der Waals surface area contributed by atoms with Crippen LogP contribution in [-0.4, -0.2) is 70.3 Å². The largest absolute Gasteiger partial charge is 0.483 e. The van der Waals surface area contributed by atoms with E-state index in [1.807, 2.05) is 9.95 Å². The molecule has 2 aromatic heterocycles. The minimum atomic E-state index is -3.25. The minimum Gasteiger partial charge on any atom is -0.483 e. The molecule has 1 saturated heterocycles. The molecule has 2 aromatic rings. The lowest BCUT2D eigenvalue weighted by atomic mass is 10.3. The van der Waals surface area contributed by atoms with Gasteiger partial charge >= 0.3 is 0 Å². The van der Waals surface area contributed by atoms with Crippen molar-refractivity contribution < 1.29 is 23.1 Å². The van der Waals surface area contributed by atoms with E-state index in [2.05, 4.69) is 9.36 Å². The summed E-state index contributed by atoms with van der Waals surface area (Å²) < 4.78 is 37.2. The molecule has 0 unspecified atom stereocenters. The zero-order chi connectivity index (χ0) is 17.4. The summed E-state index contributed by atoms with van der Waals surface area (Å²) in [4.78, 5) is 12.6. The van der Waals surface area contributed by atoms with Gasteiger partial charge in [-0.15, -0.1) is 0 Å². The maximum atomic E-state index is 12.3. The number of rotatable bonds is 5. The molecule has 0 aliphatic carbocycles. The average molecular weight is 374 g/mol. The molecule has 1 aliphatic heterocycles. The van der Waals surface area contributed by atoms with Crippen molar-refractivity contribution in [2.45, 2.75) is 6.54 Å². The molecular weight excluding hydrogens is 356 g/mol. The first-order chi connectivity index (χ1) is 11.6. The third kappa shape index (κ3) is 4.84. The van der Waals surface area contributed by atoms with Crippen LogP contribution in [0.3, 0.4) is 0 Å². The molecule has 1 aliphatic rings. The second kappa shape index (κ2) is 8.87. The van der Waals surface area contributed by atoms with Crippen molar-refractivity contribution in [2.24, 2.45) is 0 Å². The highest BCUT2D eigenvalue weighted by Crippen LogP contribution is 2.18. The maximum absolute atomic E-state index is 12.3. The molecule has 0 radical (unpaired) electrons. The number of nitrogens with zero attached hydrogens (tertiary/aromatic N) is 4. The highest BCUT2D eigenvalue weighted by molar-refractivity contribution is 7.89. The molecule has 11 heteroatoms. The van der Waals surface area contributed by atoms with E-state index in [9.17, 15) is 8.42 Å². The van der Waals surface area contributed by atoms with Gasteiger partial charge in [0.2, 0.25) is 10.0 Å². The van der Waals surface area contributed by atoms with Gasteiger partial charge in [-0.2, -0.15) is 4.31 Å². The van der Waals surface area contributed by atoms with Gasteiger partial charge in [0, 0.05) is 43.0 Å². The van der Waals surface area contributed by atoms with Crippen molar-refractivity contribution in [1.82, 2.24) is 18.2 Å². The summed E-state index contributed by atoms with van der Waals surface area (Å²) in [6.07, 6.45) is 5.20. The van der Waals surface area contributed by atoms with Crippen molar-refractivity contribution in [3.63, 3.8) is 0 Å². The Morgan fingerprint density at radius 3 is 2.71 bits per heavy atom. The second-order valence-corrected chi connectivity index (χ2v) is 7.54. The van der Waals surface area contributed by atoms with Crippen LogP contribution in [-0.2, 0) is 26.1 Å². The molecule has 0 atom stereocenters. The summed E-state index contributed by atoms with van der Waals surface area (Å²) in [5.41, 5.74) is 0.911. The first-order valence-corrected chi connectivity index (χ1v) is 9.57. The van der Waals surface area contributed by atoms with E-state index in [4.69, 9.17) is 14.6 Å². The van der Waals surface area contributed by atoms with Crippen LogP contribution in [0.4, 0.5) is 0 Å². The maximum Gasteiger partial charge on any atom is 0.290 e. The Labute approximate surface area is 143 Å². The molecule has 3 heterocycles. The van der Waals surface area contributed by atoms with Gasteiger partial charge in [-0.25, -0.2) is 17.8 Å². The Morgan fingerprint density at radius 1 is 1.38 bits per heavy atom. The Morgan fingerprint density at radius 2 is 2.08 bits per heavy atom. The summed E-state index contributed by atoms with van der Waals surface area (Å²) in [5, 5.41) is 8.79. The minimum absolute atomic E-state index is 0.0634. The number of ether oxygens (including phenoxy) is 1. The first kappa shape index (κ1) is 18.5. The zero-order valence-corrected chi connectivity index (χ0v) is 14.4. The molecule has 24 heavy (non-hydrogen) atoms. The molecule has 0 amide bonds. The normalized spacial score (nSPS) is 15.5. The van der Waals surface area contributed by atoms with Gasteiger partial charge in [-0.1, -0.05) is 0 Å².